The van der Waals surface area contributed by atoms with Gasteiger partial charge in [-0.15, -0.1) is 13.2 Å². The highest BCUT2D eigenvalue weighted by Crippen LogP contribution is 2.36. The molecule has 0 aliphatic carbocycles. The number of rotatable bonds is 4. The maximum atomic E-state index is 12.1. The summed E-state index contributed by atoms with van der Waals surface area (Å²) in [6, 6.07) is 3.66. The molecule has 0 amide bonds. The highest BCUT2D eigenvalue weighted by Gasteiger charge is 2.33. The zero-order valence-electron chi connectivity index (χ0n) is 8.12. The van der Waals surface area contributed by atoms with Crippen molar-refractivity contribution >= 4 is 29.0 Å². The summed E-state index contributed by atoms with van der Waals surface area (Å²) in [7, 11) is 0. The second-order valence-electron chi connectivity index (χ2n) is 2.94. The predicted molar refractivity (Wildman–Crippen MR) is 59.1 cm³/mol. The molecule has 1 rings (SSSR count). The number of hydrogen-bond acceptors (Lipinski definition) is 3. The van der Waals surface area contributed by atoms with Crippen molar-refractivity contribution in [1.82, 2.24) is 0 Å². The van der Waals surface area contributed by atoms with E-state index in [0.717, 1.165) is 6.07 Å². The monoisotopic (exact) mass is 362 g/mol. The molecule has 0 unspecified atom stereocenters. The number of halogens is 4. The average Bonchev–Trinajstić information content (AvgIpc) is 2.14. The van der Waals surface area contributed by atoms with Crippen LogP contribution in [-0.4, -0.2) is 17.4 Å². The third-order valence-corrected chi connectivity index (χ3v) is 2.15. The minimum atomic E-state index is -4.86. The Hall–Kier alpha value is -1.19. The van der Waals surface area contributed by atoms with Crippen LogP contribution in [0.5, 0.6) is 11.5 Å². The van der Waals surface area contributed by atoms with E-state index in [0.29, 0.717) is 0 Å². The lowest BCUT2D eigenvalue weighted by molar-refractivity contribution is -0.274. The summed E-state index contributed by atoms with van der Waals surface area (Å²) in [5, 5.41) is 8.59. The highest BCUT2D eigenvalue weighted by atomic mass is 127. The largest absolute Gasteiger partial charge is 0.573 e. The maximum absolute atomic E-state index is 12.1. The van der Waals surface area contributed by atoms with Crippen molar-refractivity contribution < 1.29 is 30.9 Å². The fraction of sp³-hybridized carbons (Fsp3) is 0.222. The van der Waals surface area contributed by atoms with E-state index in [9.17, 15) is 18.0 Å². The van der Waals surface area contributed by atoms with Gasteiger partial charge in [-0.25, -0.2) is 0 Å². The Morgan fingerprint density at radius 2 is 2.06 bits per heavy atom. The molecule has 0 aliphatic heterocycles. The summed E-state index contributed by atoms with van der Waals surface area (Å²) >= 11 is 1.36. The van der Waals surface area contributed by atoms with E-state index in [4.69, 9.17) is 8.17 Å². The minimum Gasteiger partial charge on any atom is -0.481 e. The standard InChI is InChI=1S/C9H6F3IO4/c10-9(11,12)16-6-3-1-2-5(4-7(14)15)8(6)17-13/h1-3H,4H2,(H,14,15). The average molecular weight is 362 g/mol. The fourth-order valence-electron chi connectivity index (χ4n) is 1.16. The molecular weight excluding hydrogens is 356 g/mol. The second-order valence-corrected chi connectivity index (χ2v) is 3.38. The van der Waals surface area contributed by atoms with E-state index >= 15 is 0 Å². The van der Waals surface area contributed by atoms with E-state index in [-0.39, 0.29) is 11.3 Å². The molecule has 0 radical (unpaired) electrons. The van der Waals surface area contributed by atoms with Crippen LogP contribution in [0, 0.1) is 0 Å². The maximum Gasteiger partial charge on any atom is 0.573 e. The molecule has 94 valence electrons. The van der Waals surface area contributed by atoms with Gasteiger partial charge in [-0.3, -0.25) is 4.79 Å². The molecule has 0 saturated carbocycles. The SMILES string of the molecule is O=C(O)Cc1cccc(OC(F)(F)F)c1OI. The third-order valence-electron chi connectivity index (χ3n) is 1.70. The van der Waals surface area contributed by atoms with Gasteiger partial charge in [-0.05, 0) is 6.07 Å². The summed E-state index contributed by atoms with van der Waals surface area (Å²) in [6.45, 7) is 0. The molecule has 0 fully saturated rings. The molecular formula is C9H6F3IO4. The number of carbonyl (C=O) groups is 1. The Balaban J connectivity index is 3.09. The van der Waals surface area contributed by atoms with Crippen molar-refractivity contribution in [3.05, 3.63) is 23.8 Å². The molecule has 1 aromatic rings. The molecule has 0 atom stereocenters. The predicted octanol–water partition coefficient (Wildman–Crippen LogP) is 2.94. The lowest BCUT2D eigenvalue weighted by atomic mass is 10.1. The fourth-order valence-corrected chi connectivity index (χ4v) is 1.66. The van der Waals surface area contributed by atoms with Gasteiger partial charge in [0.2, 0.25) is 0 Å². The molecule has 0 bridgehead atoms. The number of para-hydroxylation sites is 1. The normalized spacial score (nSPS) is 11.1. The zero-order chi connectivity index (χ0) is 13.1. The first-order valence-corrected chi connectivity index (χ1v) is 5.09. The van der Waals surface area contributed by atoms with Gasteiger partial charge >= 0.3 is 12.3 Å². The van der Waals surface area contributed by atoms with Crippen molar-refractivity contribution in [3.8, 4) is 11.5 Å². The lowest BCUT2D eigenvalue weighted by Crippen LogP contribution is -2.17. The third kappa shape index (κ3) is 4.29. The molecule has 0 saturated heterocycles. The minimum absolute atomic E-state index is 0.105. The van der Waals surface area contributed by atoms with Crippen LogP contribution >= 0.6 is 23.0 Å². The first-order valence-electron chi connectivity index (χ1n) is 4.21. The number of ether oxygens (including phenoxy) is 1. The number of carboxylic acids is 1. The van der Waals surface area contributed by atoms with Crippen molar-refractivity contribution in [3.63, 3.8) is 0 Å². The van der Waals surface area contributed by atoms with Crippen LogP contribution in [0.1, 0.15) is 5.56 Å². The van der Waals surface area contributed by atoms with Crippen LogP contribution in [0.3, 0.4) is 0 Å². The Kier molecular flexibility index (Phi) is 4.43. The quantitative estimate of drug-likeness (QED) is 0.837. The summed E-state index contributed by atoms with van der Waals surface area (Å²) in [5.74, 6) is -1.98. The zero-order valence-corrected chi connectivity index (χ0v) is 10.3. The summed E-state index contributed by atoms with van der Waals surface area (Å²) in [6.07, 6.45) is -5.31. The van der Waals surface area contributed by atoms with Gasteiger partial charge < -0.3 is 12.9 Å². The number of alkyl halides is 3. The van der Waals surface area contributed by atoms with E-state index in [1.165, 1.54) is 35.1 Å². The van der Waals surface area contributed by atoms with Gasteiger partial charge in [0.15, 0.2) is 34.5 Å². The molecule has 0 heterocycles. The first kappa shape index (κ1) is 13.9. The van der Waals surface area contributed by atoms with Crippen molar-refractivity contribution in [1.29, 1.82) is 0 Å². The Bertz CT molecular complexity index is 419. The van der Waals surface area contributed by atoms with Gasteiger partial charge in [0.25, 0.3) is 0 Å². The molecule has 1 N–H and O–H groups in total. The number of hydrogen-bond donors (Lipinski definition) is 1. The van der Waals surface area contributed by atoms with Gasteiger partial charge in [-0.1, -0.05) is 12.1 Å². The van der Waals surface area contributed by atoms with E-state index < -0.39 is 24.5 Å². The van der Waals surface area contributed by atoms with Gasteiger partial charge in [0.05, 0.1) is 6.42 Å². The molecule has 0 spiro atoms. The summed E-state index contributed by atoms with van der Waals surface area (Å²) in [4.78, 5) is 10.5. The molecule has 0 aliphatic rings. The van der Waals surface area contributed by atoms with Crippen LogP contribution in [0.2, 0.25) is 0 Å². The number of carboxylic acid groups (broad SMARTS) is 1. The second kappa shape index (κ2) is 5.43. The summed E-state index contributed by atoms with van der Waals surface area (Å²) in [5.41, 5.74) is 0.105. The molecule has 8 heteroatoms. The van der Waals surface area contributed by atoms with Gasteiger partial charge in [-0.2, -0.15) is 0 Å². The number of aliphatic carboxylic acids is 1. The van der Waals surface area contributed by atoms with E-state index in [2.05, 4.69) is 4.74 Å². The van der Waals surface area contributed by atoms with Crippen LogP contribution in [0.15, 0.2) is 18.2 Å². The molecule has 1 aromatic carbocycles. The topological polar surface area (TPSA) is 55.8 Å². The Morgan fingerprint density at radius 1 is 1.41 bits per heavy atom. The molecule has 17 heavy (non-hydrogen) atoms. The Labute approximate surface area is 108 Å². The number of benzene rings is 1. The smallest absolute Gasteiger partial charge is 0.481 e. The summed E-state index contributed by atoms with van der Waals surface area (Å²) < 4.78 is 44.6. The first-order chi connectivity index (χ1) is 7.83. The van der Waals surface area contributed by atoms with Gasteiger partial charge in [0.1, 0.15) is 0 Å². The Morgan fingerprint density at radius 3 is 2.53 bits per heavy atom. The molecule has 0 aromatic heterocycles. The molecule has 4 nitrogen and oxygen atoms in total. The van der Waals surface area contributed by atoms with Crippen molar-refractivity contribution in [2.24, 2.45) is 0 Å². The van der Waals surface area contributed by atoms with Gasteiger partial charge in [0, 0.05) is 5.56 Å². The van der Waals surface area contributed by atoms with E-state index in [1.807, 2.05) is 0 Å². The van der Waals surface area contributed by atoms with Crippen molar-refractivity contribution in [2.75, 3.05) is 0 Å². The highest BCUT2D eigenvalue weighted by molar-refractivity contribution is 14.1. The lowest BCUT2D eigenvalue weighted by Gasteiger charge is -2.13. The van der Waals surface area contributed by atoms with Crippen LogP contribution in [0.4, 0.5) is 13.2 Å². The van der Waals surface area contributed by atoms with Crippen LogP contribution < -0.4 is 7.80 Å². The van der Waals surface area contributed by atoms with Crippen LogP contribution in [-0.2, 0) is 11.2 Å². The van der Waals surface area contributed by atoms with Crippen molar-refractivity contribution in [2.45, 2.75) is 12.8 Å². The van der Waals surface area contributed by atoms with E-state index in [1.54, 1.807) is 0 Å². The van der Waals surface area contributed by atoms with Crippen LogP contribution in [0.25, 0.3) is 0 Å².